The van der Waals surface area contributed by atoms with Crippen molar-refractivity contribution in [3.8, 4) is 11.5 Å². The summed E-state index contributed by atoms with van der Waals surface area (Å²) in [7, 11) is 0. The molecular formula is C21H22ClFN2O4. The second-order valence-electron chi connectivity index (χ2n) is 6.91. The summed E-state index contributed by atoms with van der Waals surface area (Å²) in [4.78, 5) is 25.7. The van der Waals surface area contributed by atoms with E-state index < -0.39 is 5.91 Å². The van der Waals surface area contributed by atoms with Crippen LogP contribution in [0.15, 0.2) is 48.5 Å². The Morgan fingerprint density at radius 2 is 1.76 bits per heavy atom. The summed E-state index contributed by atoms with van der Waals surface area (Å²) in [6.45, 7) is 0.642. The van der Waals surface area contributed by atoms with E-state index in [0.29, 0.717) is 36.0 Å². The number of ether oxygens (including phenoxy) is 2. The van der Waals surface area contributed by atoms with E-state index in [1.807, 2.05) is 0 Å². The Hall–Kier alpha value is -2.80. The van der Waals surface area contributed by atoms with Crippen LogP contribution in [0.5, 0.6) is 11.5 Å². The molecular weight excluding hydrogens is 399 g/mol. The van der Waals surface area contributed by atoms with Crippen LogP contribution in [0.3, 0.4) is 0 Å². The molecule has 2 atom stereocenters. The van der Waals surface area contributed by atoms with Gasteiger partial charge in [0.05, 0.1) is 0 Å². The minimum atomic E-state index is -0.448. The lowest BCUT2D eigenvalue weighted by Crippen LogP contribution is -2.50. The number of primary amides is 1. The van der Waals surface area contributed by atoms with Gasteiger partial charge < -0.3 is 20.1 Å². The van der Waals surface area contributed by atoms with Gasteiger partial charge in [-0.2, -0.15) is 0 Å². The number of carbonyl (C=O) groups is 2. The molecule has 2 N–H and O–H groups in total. The number of amides is 2. The smallest absolute Gasteiger partial charge is 0.260 e. The van der Waals surface area contributed by atoms with Gasteiger partial charge in [-0.05, 0) is 48.5 Å². The molecule has 1 aliphatic rings. The van der Waals surface area contributed by atoms with Gasteiger partial charge in [0, 0.05) is 36.9 Å². The number of rotatable bonds is 7. The molecule has 0 saturated carbocycles. The highest BCUT2D eigenvalue weighted by Crippen LogP contribution is 2.26. The minimum Gasteiger partial charge on any atom is -0.490 e. The van der Waals surface area contributed by atoms with E-state index in [1.54, 1.807) is 29.2 Å². The van der Waals surface area contributed by atoms with Gasteiger partial charge in [0.1, 0.15) is 23.4 Å². The fourth-order valence-corrected chi connectivity index (χ4v) is 3.43. The highest BCUT2D eigenvalue weighted by atomic mass is 35.5. The maximum atomic E-state index is 12.9. The first-order valence-corrected chi connectivity index (χ1v) is 9.65. The molecule has 2 aromatic carbocycles. The van der Waals surface area contributed by atoms with Gasteiger partial charge in [-0.25, -0.2) is 4.39 Å². The van der Waals surface area contributed by atoms with E-state index in [9.17, 15) is 14.0 Å². The molecule has 154 valence electrons. The van der Waals surface area contributed by atoms with E-state index in [2.05, 4.69) is 0 Å². The fraction of sp³-hybridized carbons (Fsp3) is 0.333. The fourth-order valence-electron chi connectivity index (χ4n) is 3.30. The summed E-state index contributed by atoms with van der Waals surface area (Å²) < 4.78 is 24.4. The van der Waals surface area contributed by atoms with Crippen LogP contribution in [0, 0.1) is 11.7 Å². The molecule has 0 radical (unpaired) electrons. The van der Waals surface area contributed by atoms with Crippen LogP contribution >= 0.6 is 11.6 Å². The lowest BCUT2D eigenvalue weighted by molar-refractivity contribution is -0.138. The summed E-state index contributed by atoms with van der Waals surface area (Å²) in [5, 5.41) is 0.604. The predicted molar refractivity (Wildman–Crippen MR) is 106 cm³/mol. The van der Waals surface area contributed by atoms with Crippen molar-refractivity contribution in [1.82, 2.24) is 4.90 Å². The van der Waals surface area contributed by atoms with E-state index in [1.165, 1.54) is 24.3 Å². The maximum Gasteiger partial charge on any atom is 0.260 e. The van der Waals surface area contributed by atoms with E-state index in [-0.39, 0.29) is 36.8 Å². The standard InChI is InChI=1S/C21H22ClFN2O4/c22-15-1-5-18(6-2-15)29-19-9-10-25(12-14(19)11-20(24)26)21(27)13-28-17-7-3-16(23)4-8-17/h1-8,14,19H,9-13H2,(H2,24,26)/t14-,19-/m0/s1. The molecule has 0 aromatic heterocycles. The lowest BCUT2D eigenvalue weighted by atomic mass is 9.91. The van der Waals surface area contributed by atoms with Gasteiger partial charge >= 0.3 is 0 Å². The van der Waals surface area contributed by atoms with Crippen molar-refractivity contribution < 1.29 is 23.5 Å². The summed E-state index contributed by atoms with van der Waals surface area (Å²) in [6.07, 6.45) is 0.426. The number of nitrogens with two attached hydrogens (primary N) is 1. The first-order valence-electron chi connectivity index (χ1n) is 9.27. The van der Waals surface area contributed by atoms with Crippen LogP contribution in [0.2, 0.25) is 5.02 Å². The normalized spacial score (nSPS) is 18.9. The zero-order valence-corrected chi connectivity index (χ0v) is 16.5. The number of hydrogen-bond donors (Lipinski definition) is 1. The highest BCUT2D eigenvalue weighted by Gasteiger charge is 2.34. The van der Waals surface area contributed by atoms with Crippen molar-refractivity contribution in [1.29, 1.82) is 0 Å². The molecule has 3 rings (SSSR count). The minimum absolute atomic E-state index is 0.112. The van der Waals surface area contributed by atoms with Crippen molar-refractivity contribution in [2.75, 3.05) is 19.7 Å². The van der Waals surface area contributed by atoms with Crippen molar-refractivity contribution in [2.24, 2.45) is 11.7 Å². The average Bonchev–Trinajstić information content (AvgIpc) is 2.70. The Bertz CT molecular complexity index is 845. The maximum absolute atomic E-state index is 12.9. The monoisotopic (exact) mass is 420 g/mol. The SMILES string of the molecule is NC(=O)C[C@H]1CN(C(=O)COc2ccc(F)cc2)CC[C@@H]1Oc1ccc(Cl)cc1. The second-order valence-corrected chi connectivity index (χ2v) is 7.35. The van der Waals surface area contributed by atoms with Gasteiger partial charge in [0.2, 0.25) is 5.91 Å². The van der Waals surface area contributed by atoms with Crippen molar-refractivity contribution in [2.45, 2.75) is 18.9 Å². The summed E-state index contributed by atoms with van der Waals surface area (Å²) >= 11 is 5.90. The number of piperidine rings is 1. The number of carbonyl (C=O) groups excluding carboxylic acids is 2. The molecule has 0 aliphatic carbocycles. The average molecular weight is 421 g/mol. The Labute approximate surface area is 173 Å². The van der Waals surface area contributed by atoms with Gasteiger partial charge in [-0.15, -0.1) is 0 Å². The van der Waals surface area contributed by atoms with Crippen LogP contribution in [-0.4, -0.2) is 42.5 Å². The van der Waals surface area contributed by atoms with Crippen LogP contribution in [-0.2, 0) is 9.59 Å². The number of benzene rings is 2. The lowest BCUT2D eigenvalue weighted by Gasteiger charge is -2.38. The number of halogens is 2. The molecule has 0 unspecified atom stereocenters. The van der Waals surface area contributed by atoms with Crippen LogP contribution in [0.1, 0.15) is 12.8 Å². The first-order chi connectivity index (χ1) is 13.9. The zero-order valence-electron chi connectivity index (χ0n) is 15.7. The molecule has 1 aliphatic heterocycles. The van der Waals surface area contributed by atoms with Crippen molar-refractivity contribution in [3.63, 3.8) is 0 Å². The largest absolute Gasteiger partial charge is 0.490 e. The molecule has 8 heteroatoms. The summed E-state index contributed by atoms with van der Waals surface area (Å²) in [5.74, 6) is -0.208. The van der Waals surface area contributed by atoms with Crippen molar-refractivity contribution in [3.05, 3.63) is 59.4 Å². The molecule has 1 saturated heterocycles. The second kappa shape index (κ2) is 9.60. The summed E-state index contributed by atoms with van der Waals surface area (Å²) in [5.41, 5.74) is 5.40. The van der Waals surface area contributed by atoms with Crippen molar-refractivity contribution >= 4 is 23.4 Å². The molecule has 2 aromatic rings. The summed E-state index contributed by atoms with van der Waals surface area (Å²) in [6, 6.07) is 12.4. The predicted octanol–water partition coefficient (Wildman–Crippen LogP) is 3.03. The molecule has 0 spiro atoms. The number of nitrogens with zero attached hydrogens (tertiary/aromatic N) is 1. The third-order valence-electron chi connectivity index (χ3n) is 4.76. The Morgan fingerprint density at radius 3 is 2.41 bits per heavy atom. The Morgan fingerprint density at radius 1 is 1.10 bits per heavy atom. The van der Waals surface area contributed by atoms with Crippen LogP contribution < -0.4 is 15.2 Å². The topological polar surface area (TPSA) is 81.9 Å². The zero-order chi connectivity index (χ0) is 20.8. The highest BCUT2D eigenvalue weighted by molar-refractivity contribution is 6.30. The quantitative estimate of drug-likeness (QED) is 0.746. The van der Waals surface area contributed by atoms with Crippen LogP contribution in [0.25, 0.3) is 0 Å². The van der Waals surface area contributed by atoms with E-state index >= 15 is 0 Å². The molecule has 29 heavy (non-hydrogen) atoms. The Kier molecular flexibility index (Phi) is 6.93. The van der Waals surface area contributed by atoms with Gasteiger partial charge in [0.15, 0.2) is 6.61 Å². The molecule has 2 amide bonds. The molecule has 0 bridgehead atoms. The third kappa shape index (κ3) is 6.09. The number of hydrogen-bond acceptors (Lipinski definition) is 4. The Balaban J connectivity index is 1.59. The number of likely N-dealkylation sites (tertiary alicyclic amines) is 1. The molecule has 1 fully saturated rings. The molecule has 1 heterocycles. The van der Waals surface area contributed by atoms with Gasteiger partial charge in [-0.1, -0.05) is 11.6 Å². The first kappa shape index (κ1) is 20.9. The molecule has 6 nitrogen and oxygen atoms in total. The van der Waals surface area contributed by atoms with E-state index in [0.717, 1.165) is 0 Å². The van der Waals surface area contributed by atoms with Gasteiger partial charge in [0.25, 0.3) is 5.91 Å². The van der Waals surface area contributed by atoms with Crippen LogP contribution in [0.4, 0.5) is 4.39 Å². The third-order valence-corrected chi connectivity index (χ3v) is 5.01. The van der Waals surface area contributed by atoms with Gasteiger partial charge in [-0.3, -0.25) is 9.59 Å². The van der Waals surface area contributed by atoms with E-state index in [4.69, 9.17) is 26.8 Å².